The van der Waals surface area contributed by atoms with Crippen molar-refractivity contribution in [2.75, 3.05) is 0 Å². The monoisotopic (exact) mass is 324 g/mol. The van der Waals surface area contributed by atoms with E-state index in [1.54, 1.807) is 12.1 Å². The Balaban J connectivity index is 2.46. The van der Waals surface area contributed by atoms with Crippen molar-refractivity contribution in [2.45, 2.75) is 39.0 Å². The van der Waals surface area contributed by atoms with Crippen molar-refractivity contribution in [3.8, 4) is 16.9 Å². The van der Waals surface area contributed by atoms with Crippen molar-refractivity contribution < 1.29 is 18.3 Å². The van der Waals surface area contributed by atoms with Crippen LogP contribution in [0.1, 0.15) is 31.9 Å². The molecule has 0 bridgehead atoms. The van der Waals surface area contributed by atoms with E-state index in [1.165, 1.54) is 6.07 Å². The lowest BCUT2D eigenvalue weighted by Crippen LogP contribution is -2.35. The summed E-state index contributed by atoms with van der Waals surface area (Å²) >= 11 is 0. The van der Waals surface area contributed by atoms with Gasteiger partial charge in [-0.15, -0.1) is 0 Å². The zero-order valence-corrected chi connectivity index (χ0v) is 13.2. The molecule has 124 valence electrons. The second-order valence-corrected chi connectivity index (χ2v) is 6.34. The normalized spacial score (nSPS) is 12.4. The van der Waals surface area contributed by atoms with E-state index in [2.05, 4.69) is 10.3 Å². The Hall–Kier alpha value is -2.08. The Bertz CT molecular complexity index is 691. The van der Waals surface area contributed by atoms with Crippen LogP contribution in [0.4, 0.5) is 13.2 Å². The molecule has 0 fully saturated rings. The maximum absolute atomic E-state index is 13.1. The fourth-order valence-corrected chi connectivity index (χ4v) is 2.17. The summed E-state index contributed by atoms with van der Waals surface area (Å²) in [6.07, 6.45) is -2.29. The largest absolute Gasteiger partial charge is 0.507 e. The molecular formula is C17H19F3N2O. The Morgan fingerprint density at radius 1 is 1.09 bits per heavy atom. The Kier molecular flexibility index (Phi) is 4.66. The van der Waals surface area contributed by atoms with E-state index in [0.717, 1.165) is 18.5 Å². The third-order valence-electron chi connectivity index (χ3n) is 3.35. The average molecular weight is 324 g/mol. The number of hydrogen-bond acceptors (Lipinski definition) is 3. The van der Waals surface area contributed by atoms with Crippen LogP contribution in [0.5, 0.6) is 5.75 Å². The minimum Gasteiger partial charge on any atom is -0.507 e. The van der Waals surface area contributed by atoms with Gasteiger partial charge in [-0.1, -0.05) is 18.2 Å². The number of rotatable bonds is 3. The molecule has 2 rings (SSSR count). The summed E-state index contributed by atoms with van der Waals surface area (Å²) in [5.74, 6) is -0.164. The molecule has 0 atom stereocenters. The number of benzene rings is 1. The highest BCUT2D eigenvalue weighted by Gasteiger charge is 2.34. The molecule has 1 aromatic carbocycles. The van der Waals surface area contributed by atoms with Crippen molar-refractivity contribution >= 4 is 0 Å². The summed E-state index contributed by atoms with van der Waals surface area (Å²) in [6.45, 7) is 6.26. The lowest BCUT2D eigenvalue weighted by Gasteiger charge is -2.21. The van der Waals surface area contributed by atoms with Crippen LogP contribution in [0.15, 0.2) is 36.7 Å². The Labute approximate surface area is 133 Å². The second-order valence-electron chi connectivity index (χ2n) is 6.34. The maximum Gasteiger partial charge on any atom is 0.417 e. The van der Waals surface area contributed by atoms with Gasteiger partial charge in [0.2, 0.25) is 0 Å². The van der Waals surface area contributed by atoms with Crippen LogP contribution in [0.2, 0.25) is 0 Å². The molecule has 1 aromatic heterocycles. The third-order valence-corrected chi connectivity index (χ3v) is 3.35. The summed E-state index contributed by atoms with van der Waals surface area (Å²) in [7, 11) is 0. The topological polar surface area (TPSA) is 45.2 Å². The predicted octanol–water partition coefficient (Wildman–Crippen LogP) is 4.36. The number of halogens is 3. The standard InChI is InChI=1S/C17H19F3N2O/c1-16(2,3)22-9-11-5-4-6-12(15(11)23)13-10-21-8-7-14(13)17(18,19)20/h4-8,10,22-23H,9H2,1-3H3. The van der Waals surface area contributed by atoms with Crippen molar-refractivity contribution in [2.24, 2.45) is 0 Å². The summed E-state index contributed by atoms with van der Waals surface area (Å²) in [6, 6.07) is 5.68. The van der Waals surface area contributed by atoms with E-state index < -0.39 is 11.7 Å². The SMILES string of the molecule is CC(C)(C)NCc1cccc(-c2cnccc2C(F)(F)F)c1O. The fourth-order valence-electron chi connectivity index (χ4n) is 2.17. The van der Waals surface area contributed by atoms with Gasteiger partial charge in [-0.3, -0.25) is 4.98 Å². The highest BCUT2D eigenvalue weighted by atomic mass is 19.4. The Morgan fingerprint density at radius 3 is 2.39 bits per heavy atom. The van der Waals surface area contributed by atoms with Crippen LogP contribution in [-0.2, 0) is 12.7 Å². The molecule has 23 heavy (non-hydrogen) atoms. The van der Waals surface area contributed by atoms with E-state index in [-0.39, 0.29) is 22.4 Å². The molecule has 0 saturated heterocycles. The molecule has 0 aliphatic heterocycles. The van der Waals surface area contributed by atoms with Crippen LogP contribution in [0.3, 0.4) is 0 Å². The summed E-state index contributed by atoms with van der Waals surface area (Å²) in [5, 5.41) is 13.6. The van der Waals surface area contributed by atoms with Crippen molar-refractivity contribution in [1.29, 1.82) is 0 Å². The van der Waals surface area contributed by atoms with Gasteiger partial charge in [-0.2, -0.15) is 13.2 Å². The third kappa shape index (κ3) is 4.22. The zero-order valence-electron chi connectivity index (χ0n) is 13.2. The first-order chi connectivity index (χ1) is 10.6. The zero-order chi connectivity index (χ0) is 17.3. The molecule has 0 spiro atoms. The fraction of sp³-hybridized carbons (Fsp3) is 0.353. The number of phenolic OH excluding ortho intramolecular Hbond substituents is 1. The van der Waals surface area contributed by atoms with Crippen LogP contribution < -0.4 is 5.32 Å². The van der Waals surface area contributed by atoms with Gasteiger partial charge in [0.15, 0.2) is 0 Å². The van der Waals surface area contributed by atoms with E-state index in [9.17, 15) is 18.3 Å². The number of pyridine rings is 1. The minimum atomic E-state index is -4.51. The first-order valence-electron chi connectivity index (χ1n) is 7.17. The molecule has 2 N–H and O–H groups in total. The van der Waals surface area contributed by atoms with Gasteiger partial charge < -0.3 is 10.4 Å². The first-order valence-corrected chi connectivity index (χ1v) is 7.17. The average Bonchev–Trinajstić information content (AvgIpc) is 2.44. The van der Waals surface area contributed by atoms with Gasteiger partial charge in [0.25, 0.3) is 0 Å². The van der Waals surface area contributed by atoms with Crippen LogP contribution in [-0.4, -0.2) is 15.6 Å². The van der Waals surface area contributed by atoms with E-state index in [1.807, 2.05) is 20.8 Å². The summed E-state index contributed by atoms with van der Waals surface area (Å²) in [5.41, 5.74) is -0.458. The smallest absolute Gasteiger partial charge is 0.417 e. The quantitative estimate of drug-likeness (QED) is 0.882. The van der Waals surface area contributed by atoms with E-state index in [4.69, 9.17) is 0 Å². The molecule has 0 amide bonds. The Morgan fingerprint density at radius 2 is 1.78 bits per heavy atom. The van der Waals surface area contributed by atoms with Gasteiger partial charge in [0, 0.05) is 41.2 Å². The first kappa shape index (κ1) is 17.3. The molecular weight excluding hydrogens is 305 g/mol. The molecule has 0 aliphatic carbocycles. The number of nitrogens with one attached hydrogen (secondary N) is 1. The number of phenols is 1. The molecule has 0 saturated carbocycles. The molecule has 3 nitrogen and oxygen atoms in total. The molecule has 2 aromatic rings. The second kappa shape index (κ2) is 6.20. The lowest BCUT2D eigenvalue weighted by atomic mass is 9.98. The van der Waals surface area contributed by atoms with Crippen molar-refractivity contribution in [3.05, 3.63) is 47.8 Å². The van der Waals surface area contributed by atoms with E-state index >= 15 is 0 Å². The van der Waals surface area contributed by atoms with Crippen molar-refractivity contribution in [1.82, 2.24) is 10.3 Å². The number of nitrogens with zero attached hydrogens (tertiary/aromatic N) is 1. The van der Waals surface area contributed by atoms with Gasteiger partial charge in [-0.25, -0.2) is 0 Å². The predicted molar refractivity (Wildman–Crippen MR) is 82.9 cm³/mol. The number of alkyl halides is 3. The molecule has 6 heteroatoms. The number of aromatic nitrogens is 1. The van der Waals surface area contributed by atoms with Crippen LogP contribution in [0, 0.1) is 0 Å². The van der Waals surface area contributed by atoms with Crippen LogP contribution in [0.25, 0.3) is 11.1 Å². The van der Waals surface area contributed by atoms with Gasteiger partial charge in [-0.05, 0) is 26.8 Å². The van der Waals surface area contributed by atoms with Gasteiger partial charge in [0.05, 0.1) is 5.56 Å². The van der Waals surface area contributed by atoms with Gasteiger partial charge >= 0.3 is 6.18 Å². The number of aromatic hydroxyl groups is 1. The summed E-state index contributed by atoms with van der Waals surface area (Å²) in [4.78, 5) is 3.76. The van der Waals surface area contributed by atoms with E-state index in [0.29, 0.717) is 12.1 Å². The highest BCUT2D eigenvalue weighted by Crippen LogP contribution is 2.40. The summed E-state index contributed by atoms with van der Waals surface area (Å²) < 4.78 is 39.4. The minimum absolute atomic E-state index is 0.124. The van der Waals surface area contributed by atoms with Gasteiger partial charge in [0.1, 0.15) is 5.75 Å². The number of para-hydroxylation sites is 1. The van der Waals surface area contributed by atoms with Crippen LogP contribution >= 0.6 is 0 Å². The van der Waals surface area contributed by atoms with Crippen molar-refractivity contribution in [3.63, 3.8) is 0 Å². The molecule has 0 radical (unpaired) electrons. The molecule has 0 unspecified atom stereocenters. The lowest BCUT2D eigenvalue weighted by molar-refractivity contribution is -0.137. The molecule has 1 heterocycles. The molecule has 0 aliphatic rings. The number of hydrogen-bond donors (Lipinski definition) is 2. The maximum atomic E-state index is 13.1. The highest BCUT2D eigenvalue weighted by molar-refractivity contribution is 5.74.